The van der Waals surface area contributed by atoms with Crippen LogP contribution in [0.1, 0.15) is 17.4 Å². The minimum absolute atomic E-state index is 0.0411. The lowest BCUT2D eigenvalue weighted by atomic mass is 10.1. The zero-order chi connectivity index (χ0) is 14.8. The van der Waals surface area contributed by atoms with Crippen molar-refractivity contribution in [3.63, 3.8) is 0 Å². The third-order valence-corrected chi connectivity index (χ3v) is 5.01. The predicted molar refractivity (Wildman–Crippen MR) is 81.2 cm³/mol. The Balaban J connectivity index is 2.27. The van der Waals surface area contributed by atoms with Crippen molar-refractivity contribution in [3.8, 4) is 0 Å². The van der Waals surface area contributed by atoms with Gasteiger partial charge in [0, 0.05) is 18.6 Å². The highest BCUT2D eigenvalue weighted by Crippen LogP contribution is 2.18. The second-order valence-electron chi connectivity index (χ2n) is 4.48. The summed E-state index contributed by atoms with van der Waals surface area (Å²) >= 11 is 3.34. The molecule has 2 rings (SSSR count). The Labute approximate surface area is 127 Å². The van der Waals surface area contributed by atoms with Gasteiger partial charge in [0.1, 0.15) is 5.82 Å². The second kappa shape index (κ2) is 6.07. The van der Waals surface area contributed by atoms with E-state index in [0.29, 0.717) is 11.2 Å². The Morgan fingerprint density at radius 1 is 1.35 bits per heavy atom. The van der Waals surface area contributed by atoms with Gasteiger partial charge in [0.2, 0.25) is 0 Å². The normalized spacial score (nSPS) is 13.3. The maximum absolute atomic E-state index is 12.3. The topological polar surface area (TPSA) is 64.0 Å². The summed E-state index contributed by atoms with van der Waals surface area (Å²) in [7, 11) is -1.87. The van der Waals surface area contributed by atoms with Gasteiger partial charge in [-0.05, 0) is 12.5 Å². The zero-order valence-electron chi connectivity index (χ0n) is 11.2. The molecule has 20 heavy (non-hydrogen) atoms. The number of alkyl halides is 1. The Bertz CT molecular complexity index is 663. The van der Waals surface area contributed by atoms with Crippen LogP contribution in [0.2, 0.25) is 0 Å². The van der Waals surface area contributed by atoms with Crippen LogP contribution in [0.3, 0.4) is 0 Å². The quantitative estimate of drug-likeness (QED) is 0.833. The molecule has 0 fully saturated rings. The van der Waals surface area contributed by atoms with Crippen LogP contribution in [0, 0.1) is 6.92 Å². The molecular formula is C13H16BrN3O2S. The lowest BCUT2D eigenvalue weighted by molar-refractivity contribution is 0.565. The van der Waals surface area contributed by atoms with Crippen molar-refractivity contribution < 1.29 is 8.42 Å². The van der Waals surface area contributed by atoms with Crippen LogP contribution in [-0.2, 0) is 17.1 Å². The lowest BCUT2D eigenvalue weighted by Crippen LogP contribution is -2.29. The Kier molecular flexibility index (Phi) is 4.62. The van der Waals surface area contributed by atoms with Crippen molar-refractivity contribution in [1.29, 1.82) is 0 Å². The van der Waals surface area contributed by atoms with Gasteiger partial charge in [0.15, 0.2) is 5.03 Å². The van der Waals surface area contributed by atoms with Gasteiger partial charge in [0.25, 0.3) is 10.0 Å². The molecule has 0 aliphatic carbocycles. The van der Waals surface area contributed by atoms with E-state index in [9.17, 15) is 8.42 Å². The SMILES string of the molecule is Cc1nc(S(=O)(=O)NC(CBr)c2ccccc2)cn1C. The van der Waals surface area contributed by atoms with E-state index in [1.165, 1.54) is 6.20 Å². The van der Waals surface area contributed by atoms with Crippen molar-refractivity contribution in [2.75, 3.05) is 5.33 Å². The summed E-state index contributed by atoms with van der Waals surface area (Å²) in [6, 6.07) is 9.10. The Morgan fingerprint density at radius 3 is 2.50 bits per heavy atom. The van der Waals surface area contributed by atoms with Crippen molar-refractivity contribution in [2.45, 2.75) is 18.0 Å². The molecule has 0 radical (unpaired) electrons. The van der Waals surface area contributed by atoms with Gasteiger partial charge >= 0.3 is 0 Å². The van der Waals surface area contributed by atoms with Crippen LogP contribution in [0.25, 0.3) is 0 Å². The minimum atomic E-state index is -3.63. The largest absolute Gasteiger partial charge is 0.337 e. The van der Waals surface area contributed by atoms with E-state index in [-0.39, 0.29) is 11.1 Å². The lowest BCUT2D eigenvalue weighted by Gasteiger charge is -2.15. The number of nitrogens with zero attached hydrogens (tertiary/aromatic N) is 2. The molecule has 7 heteroatoms. The molecular weight excluding hydrogens is 342 g/mol. The molecule has 1 unspecified atom stereocenters. The first kappa shape index (κ1) is 15.2. The van der Waals surface area contributed by atoms with Crippen LogP contribution < -0.4 is 4.72 Å². The monoisotopic (exact) mass is 357 g/mol. The molecule has 0 spiro atoms. The summed E-state index contributed by atoms with van der Waals surface area (Å²) in [5, 5.41) is 0.529. The first-order valence-corrected chi connectivity index (χ1v) is 8.67. The predicted octanol–water partition coefficient (Wildman–Crippen LogP) is 2.14. The van der Waals surface area contributed by atoms with E-state index >= 15 is 0 Å². The number of hydrogen-bond donors (Lipinski definition) is 1. The van der Waals surface area contributed by atoms with Crippen molar-refractivity contribution in [2.24, 2.45) is 7.05 Å². The van der Waals surface area contributed by atoms with E-state index in [1.54, 1.807) is 18.5 Å². The molecule has 1 aromatic carbocycles. The van der Waals surface area contributed by atoms with E-state index in [0.717, 1.165) is 5.56 Å². The maximum atomic E-state index is 12.3. The number of imidazole rings is 1. The van der Waals surface area contributed by atoms with Crippen LogP contribution in [0.5, 0.6) is 0 Å². The first-order valence-electron chi connectivity index (χ1n) is 6.07. The summed E-state index contributed by atoms with van der Waals surface area (Å²) in [5.41, 5.74) is 0.903. The molecule has 0 saturated carbocycles. The van der Waals surface area contributed by atoms with Gasteiger partial charge in [-0.2, -0.15) is 0 Å². The molecule has 2 aromatic rings. The van der Waals surface area contributed by atoms with Crippen molar-refractivity contribution in [3.05, 3.63) is 47.9 Å². The highest BCUT2D eigenvalue weighted by Gasteiger charge is 2.23. The molecule has 1 heterocycles. The average Bonchev–Trinajstić information content (AvgIpc) is 2.78. The van der Waals surface area contributed by atoms with Crippen LogP contribution in [0.15, 0.2) is 41.6 Å². The molecule has 0 saturated heterocycles. The van der Waals surface area contributed by atoms with Crippen molar-refractivity contribution in [1.82, 2.24) is 14.3 Å². The highest BCUT2D eigenvalue weighted by atomic mass is 79.9. The minimum Gasteiger partial charge on any atom is -0.337 e. The molecule has 0 aliphatic rings. The van der Waals surface area contributed by atoms with Gasteiger partial charge in [-0.15, -0.1) is 0 Å². The fraction of sp³-hybridized carbons (Fsp3) is 0.308. The molecule has 0 bridgehead atoms. The molecule has 108 valence electrons. The third-order valence-electron chi connectivity index (χ3n) is 3.02. The average molecular weight is 358 g/mol. The summed E-state index contributed by atoms with van der Waals surface area (Å²) in [4.78, 5) is 4.06. The van der Waals surface area contributed by atoms with E-state index in [1.807, 2.05) is 30.3 Å². The number of hydrogen-bond acceptors (Lipinski definition) is 3. The zero-order valence-corrected chi connectivity index (χ0v) is 13.6. The van der Waals surface area contributed by atoms with E-state index < -0.39 is 10.0 Å². The number of halogens is 1. The first-order chi connectivity index (χ1) is 9.44. The van der Waals surface area contributed by atoms with E-state index in [4.69, 9.17) is 0 Å². The highest BCUT2D eigenvalue weighted by molar-refractivity contribution is 9.09. The number of aromatic nitrogens is 2. The van der Waals surface area contributed by atoms with Gasteiger partial charge < -0.3 is 4.57 Å². The molecule has 1 aromatic heterocycles. The summed E-state index contributed by atoms with van der Waals surface area (Å²) in [6.07, 6.45) is 1.51. The summed E-state index contributed by atoms with van der Waals surface area (Å²) < 4.78 is 29.0. The number of sulfonamides is 1. The Morgan fingerprint density at radius 2 is 2.00 bits per heavy atom. The van der Waals surface area contributed by atoms with Crippen LogP contribution in [-0.4, -0.2) is 23.3 Å². The number of rotatable bonds is 5. The van der Waals surface area contributed by atoms with E-state index in [2.05, 4.69) is 25.6 Å². The fourth-order valence-corrected chi connectivity index (χ4v) is 3.79. The standard InChI is InChI=1S/C13H16BrN3O2S/c1-10-15-13(9-17(10)2)20(18,19)16-12(8-14)11-6-4-3-5-7-11/h3-7,9,12,16H,8H2,1-2H3. The van der Waals surface area contributed by atoms with Gasteiger partial charge in [-0.3, -0.25) is 0 Å². The molecule has 5 nitrogen and oxygen atoms in total. The molecule has 1 atom stereocenters. The molecule has 0 aliphatic heterocycles. The fourth-order valence-electron chi connectivity index (χ4n) is 1.78. The Hall–Kier alpha value is -1.18. The summed E-state index contributed by atoms with van der Waals surface area (Å²) in [5.74, 6) is 0.653. The third kappa shape index (κ3) is 3.28. The van der Waals surface area contributed by atoms with Gasteiger partial charge in [0.05, 0.1) is 6.04 Å². The van der Waals surface area contributed by atoms with Crippen LogP contribution in [0.4, 0.5) is 0 Å². The summed E-state index contributed by atoms with van der Waals surface area (Å²) in [6.45, 7) is 1.76. The molecule has 1 N–H and O–H groups in total. The number of nitrogens with one attached hydrogen (secondary N) is 1. The molecule has 0 amide bonds. The maximum Gasteiger partial charge on any atom is 0.260 e. The smallest absolute Gasteiger partial charge is 0.260 e. The van der Waals surface area contributed by atoms with Crippen molar-refractivity contribution >= 4 is 26.0 Å². The van der Waals surface area contributed by atoms with Gasteiger partial charge in [-0.25, -0.2) is 18.1 Å². The van der Waals surface area contributed by atoms with Gasteiger partial charge in [-0.1, -0.05) is 46.3 Å². The second-order valence-corrected chi connectivity index (χ2v) is 6.78. The van der Waals surface area contributed by atoms with Crippen LogP contribution >= 0.6 is 15.9 Å². The number of aryl methyl sites for hydroxylation is 2. The number of benzene rings is 1.